The third kappa shape index (κ3) is 2.75. The number of methoxy groups -OCH3 is 1. The first-order chi connectivity index (χ1) is 7.59. The van der Waals surface area contributed by atoms with Crippen molar-refractivity contribution in [2.75, 3.05) is 26.2 Å². The third-order valence-corrected chi connectivity index (χ3v) is 3.77. The summed E-state index contributed by atoms with van der Waals surface area (Å²) >= 11 is 0. The van der Waals surface area contributed by atoms with Gasteiger partial charge in [-0.1, -0.05) is 0 Å². The van der Waals surface area contributed by atoms with E-state index in [2.05, 4.69) is 4.74 Å². The first-order valence-electron chi connectivity index (χ1n) is 4.68. The van der Waals surface area contributed by atoms with Crippen LogP contribution in [-0.4, -0.2) is 20.4 Å². The molecule has 1 aromatic carbocycles. The standard InChI is InChI=1S/C10H13F3NO2P/c1-16-9-6(14)4-5-7(17(2,3)15)8(9)10(11,12)13/h4-5H,14H2,1-3H3. The van der Waals surface area contributed by atoms with Crippen molar-refractivity contribution < 1.29 is 22.5 Å². The van der Waals surface area contributed by atoms with Crippen LogP contribution in [0.5, 0.6) is 5.75 Å². The summed E-state index contributed by atoms with van der Waals surface area (Å²) in [6, 6.07) is 2.41. The van der Waals surface area contributed by atoms with E-state index in [-0.39, 0.29) is 11.0 Å². The maximum absolute atomic E-state index is 12.9. The molecule has 0 atom stereocenters. The van der Waals surface area contributed by atoms with Crippen molar-refractivity contribution in [2.45, 2.75) is 6.18 Å². The van der Waals surface area contributed by atoms with Gasteiger partial charge in [-0.05, 0) is 25.5 Å². The number of benzene rings is 1. The van der Waals surface area contributed by atoms with Crippen LogP contribution in [0, 0.1) is 0 Å². The summed E-state index contributed by atoms with van der Waals surface area (Å²) in [5.74, 6) is -0.473. The zero-order valence-corrected chi connectivity index (χ0v) is 10.5. The normalized spacial score (nSPS) is 12.6. The summed E-state index contributed by atoms with van der Waals surface area (Å²) in [7, 11) is -1.97. The minimum absolute atomic E-state index is 0.128. The van der Waals surface area contributed by atoms with Crippen LogP contribution in [0.15, 0.2) is 12.1 Å². The van der Waals surface area contributed by atoms with Crippen molar-refractivity contribution in [3.05, 3.63) is 17.7 Å². The van der Waals surface area contributed by atoms with Gasteiger partial charge < -0.3 is 15.0 Å². The summed E-state index contributed by atoms with van der Waals surface area (Å²) < 4.78 is 55.4. The molecule has 0 fully saturated rings. The second-order valence-electron chi connectivity index (χ2n) is 3.93. The smallest absolute Gasteiger partial charge is 0.420 e. The first-order valence-corrected chi connectivity index (χ1v) is 7.28. The molecule has 0 aliphatic carbocycles. The maximum Gasteiger partial charge on any atom is 0.420 e. The molecule has 3 nitrogen and oxygen atoms in total. The molecule has 0 saturated carbocycles. The van der Waals surface area contributed by atoms with Gasteiger partial charge in [0.25, 0.3) is 0 Å². The zero-order valence-electron chi connectivity index (χ0n) is 9.63. The fraction of sp³-hybridized carbons (Fsp3) is 0.400. The summed E-state index contributed by atoms with van der Waals surface area (Å²) in [6.07, 6.45) is -4.66. The van der Waals surface area contributed by atoms with E-state index in [1.165, 1.54) is 19.4 Å². The quantitative estimate of drug-likeness (QED) is 0.661. The van der Waals surface area contributed by atoms with Crippen molar-refractivity contribution in [2.24, 2.45) is 0 Å². The van der Waals surface area contributed by atoms with Crippen molar-refractivity contribution in [1.82, 2.24) is 0 Å². The highest BCUT2D eigenvalue weighted by Gasteiger charge is 2.40. The molecule has 0 amide bonds. The highest BCUT2D eigenvalue weighted by atomic mass is 31.2. The number of rotatable bonds is 2. The number of ether oxygens (including phenoxy) is 1. The maximum atomic E-state index is 12.9. The predicted octanol–water partition coefficient (Wildman–Crippen LogP) is 2.54. The van der Waals surface area contributed by atoms with Gasteiger partial charge in [0, 0.05) is 5.30 Å². The molecule has 0 radical (unpaired) electrons. The van der Waals surface area contributed by atoms with E-state index in [1.54, 1.807) is 0 Å². The SMILES string of the molecule is COc1c(N)ccc(P(C)(C)=O)c1C(F)(F)F. The van der Waals surface area contributed by atoms with Crippen LogP contribution in [0.3, 0.4) is 0 Å². The largest absolute Gasteiger partial charge is 0.494 e. The van der Waals surface area contributed by atoms with E-state index in [0.29, 0.717) is 0 Å². The second-order valence-corrected chi connectivity index (χ2v) is 7.11. The van der Waals surface area contributed by atoms with Crippen LogP contribution in [0.2, 0.25) is 0 Å². The van der Waals surface area contributed by atoms with Crippen molar-refractivity contribution in [3.63, 3.8) is 0 Å². The Morgan fingerprint density at radius 3 is 2.18 bits per heavy atom. The fourth-order valence-corrected chi connectivity index (χ4v) is 2.73. The molecule has 1 rings (SSSR count). The lowest BCUT2D eigenvalue weighted by molar-refractivity contribution is -0.137. The number of alkyl halides is 3. The molecule has 0 aliphatic heterocycles. The number of halogens is 3. The topological polar surface area (TPSA) is 52.3 Å². The van der Waals surface area contributed by atoms with E-state index in [1.807, 2.05) is 0 Å². The zero-order chi connectivity index (χ0) is 13.4. The molecular weight excluding hydrogens is 254 g/mol. The van der Waals surface area contributed by atoms with Crippen LogP contribution in [-0.2, 0) is 10.7 Å². The molecule has 96 valence electrons. The Morgan fingerprint density at radius 2 is 1.82 bits per heavy atom. The number of anilines is 1. The average molecular weight is 267 g/mol. The lowest BCUT2D eigenvalue weighted by Gasteiger charge is -2.20. The molecule has 0 saturated heterocycles. The fourth-order valence-electron chi connectivity index (χ4n) is 1.53. The van der Waals surface area contributed by atoms with Crippen LogP contribution in [0.4, 0.5) is 18.9 Å². The Hall–Kier alpha value is -1.16. The Morgan fingerprint density at radius 1 is 1.29 bits per heavy atom. The lowest BCUT2D eigenvalue weighted by Crippen LogP contribution is -2.21. The summed E-state index contributed by atoms with van der Waals surface area (Å²) in [5, 5.41) is -0.268. The van der Waals surface area contributed by atoms with Crippen molar-refractivity contribution >= 4 is 18.1 Å². The Kier molecular flexibility index (Phi) is 3.48. The Labute approximate surface area is 97.1 Å². The predicted molar refractivity (Wildman–Crippen MR) is 61.5 cm³/mol. The molecule has 0 aromatic heterocycles. The molecule has 17 heavy (non-hydrogen) atoms. The molecule has 0 unspecified atom stereocenters. The highest BCUT2D eigenvalue weighted by Crippen LogP contribution is 2.46. The van der Waals surface area contributed by atoms with E-state index in [0.717, 1.165) is 13.2 Å². The van der Waals surface area contributed by atoms with Crippen LogP contribution < -0.4 is 15.8 Å². The van der Waals surface area contributed by atoms with Crippen molar-refractivity contribution in [3.8, 4) is 5.75 Å². The average Bonchev–Trinajstić information content (AvgIpc) is 2.13. The monoisotopic (exact) mass is 267 g/mol. The van der Waals surface area contributed by atoms with Gasteiger partial charge in [-0.15, -0.1) is 0 Å². The highest BCUT2D eigenvalue weighted by molar-refractivity contribution is 7.70. The number of hydrogen-bond donors (Lipinski definition) is 1. The van der Waals surface area contributed by atoms with Crippen LogP contribution in [0.1, 0.15) is 5.56 Å². The van der Waals surface area contributed by atoms with Gasteiger partial charge in [0.05, 0.1) is 12.8 Å². The Balaban J connectivity index is 3.70. The number of nitrogens with two attached hydrogens (primary N) is 1. The third-order valence-electron chi connectivity index (χ3n) is 2.23. The van der Waals surface area contributed by atoms with E-state index in [4.69, 9.17) is 5.73 Å². The molecular formula is C10H13F3NO2P. The summed E-state index contributed by atoms with van der Waals surface area (Å²) in [6.45, 7) is 2.54. The minimum atomic E-state index is -4.66. The van der Waals surface area contributed by atoms with Gasteiger partial charge in [-0.2, -0.15) is 13.2 Å². The molecule has 1 aromatic rings. The Bertz CT molecular complexity index is 479. The second kappa shape index (κ2) is 4.26. The summed E-state index contributed by atoms with van der Waals surface area (Å²) in [5.41, 5.74) is 4.25. The summed E-state index contributed by atoms with van der Waals surface area (Å²) in [4.78, 5) is 0. The lowest BCUT2D eigenvalue weighted by atomic mass is 10.1. The van der Waals surface area contributed by atoms with E-state index >= 15 is 0 Å². The van der Waals surface area contributed by atoms with Crippen LogP contribution >= 0.6 is 7.14 Å². The molecule has 0 bridgehead atoms. The molecule has 2 N–H and O–H groups in total. The number of hydrogen-bond acceptors (Lipinski definition) is 3. The van der Waals surface area contributed by atoms with E-state index < -0.39 is 24.6 Å². The molecule has 7 heteroatoms. The molecule has 0 aliphatic rings. The molecule has 0 heterocycles. The van der Waals surface area contributed by atoms with Crippen LogP contribution in [0.25, 0.3) is 0 Å². The van der Waals surface area contributed by atoms with Gasteiger partial charge in [-0.25, -0.2) is 0 Å². The molecule has 0 spiro atoms. The minimum Gasteiger partial charge on any atom is -0.494 e. The van der Waals surface area contributed by atoms with Gasteiger partial charge in [0.1, 0.15) is 12.7 Å². The first kappa shape index (κ1) is 13.9. The van der Waals surface area contributed by atoms with Gasteiger partial charge in [0.15, 0.2) is 5.75 Å². The van der Waals surface area contributed by atoms with Crippen molar-refractivity contribution in [1.29, 1.82) is 0 Å². The number of nitrogen functional groups attached to an aromatic ring is 1. The van der Waals surface area contributed by atoms with Gasteiger partial charge in [-0.3, -0.25) is 0 Å². The van der Waals surface area contributed by atoms with Gasteiger partial charge in [0.2, 0.25) is 0 Å². The van der Waals surface area contributed by atoms with Gasteiger partial charge >= 0.3 is 6.18 Å². The van der Waals surface area contributed by atoms with E-state index in [9.17, 15) is 17.7 Å².